The maximum atomic E-state index is 11.3. The lowest BCUT2D eigenvalue weighted by Crippen LogP contribution is -2.11. The highest BCUT2D eigenvalue weighted by atomic mass is 16.5. The van der Waals surface area contributed by atoms with Crippen LogP contribution in [0.2, 0.25) is 0 Å². The van der Waals surface area contributed by atoms with E-state index < -0.39 is 5.97 Å². The zero-order valence-electron chi connectivity index (χ0n) is 20.1. The van der Waals surface area contributed by atoms with Gasteiger partial charge in [-0.1, -0.05) is 36.4 Å². The molecule has 1 atom stereocenters. The number of benzene rings is 3. The van der Waals surface area contributed by atoms with Gasteiger partial charge in [0.05, 0.1) is 24.6 Å². The van der Waals surface area contributed by atoms with E-state index in [1.165, 1.54) is 0 Å². The van der Waals surface area contributed by atoms with E-state index in [-0.39, 0.29) is 19.1 Å². The predicted molar refractivity (Wildman–Crippen MR) is 141 cm³/mol. The van der Waals surface area contributed by atoms with Crippen molar-refractivity contribution < 1.29 is 19.4 Å². The van der Waals surface area contributed by atoms with Crippen LogP contribution in [0.25, 0.3) is 32.8 Å². The molecule has 0 bridgehead atoms. The summed E-state index contributed by atoms with van der Waals surface area (Å²) in [5.41, 5.74) is 10.6. The van der Waals surface area contributed by atoms with Crippen LogP contribution in [-0.2, 0) is 22.6 Å². The zero-order chi connectivity index (χ0) is 25.4. The number of nitrogen functional groups attached to an aromatic ring is 1. The Morgan fingerprint density at radius 2 is 1.89 bits per heavy atom. The highest BCUT2D eigenvalue weighted by molar-refractivity contribution is 5.95. The summed E-state index contributed by atoms with van der Waals surface area (Å²) >= 11 is 0. The number of nitrogens with two attached hydrogens (primary N) is 1. The SMILES string of the molecule is Nc1nccc2ccc(-c3ccc4c(c3)c(COc3ccccc3CC(=O)O)nn4[C@H]3CCOC3)cc12. The number of rotatable bonds is 7. The molecule has 1 aliphatic rings. The molecular weight excluding hydrogens is 468 g/mol. The van der Waals surface area contributed by atoms with Crippen molar-refractivity contribution in [2.45, 2.75) is 25.5 Å². The van der Waals surface area contributed by atoms with Gasteiger partial charge in [-0.3, -0.25) is 9.48 Å². The number of hydrogen-bond acceptors (Lipinski definition) is 6. The number of aliphatic carboxylic acids is 1. The monoisotopic (exact) mass is 494 g/mol. The first-order valence-electron chi connectivity index (χ1n) is 12.2. The highest BCUT2D eigenvalue weighted by Crippen LogP contribution is 2.33. The molecule has 1 aliphatic heterocycles. The number of pyridine rings is 1. The fourth-order valence-corrected chi connectivity index (χ4v) is 4.95. The Hall–Kier alpha value is -4.43. The van der Waals surface area contributed by atoms with Crippen LogP contribution < -0.4 is 10.5 Å². The van der Waals surface area contributed by atoms with Crippen molar-refractivity contribution in [2.24, 2.45) is 0 Å². The molecule has 37 heavy (non-hydrogen) atoms. The summed E-state index contributed by atoms with van der Waals surface area (Å²) in [4.78, 5) is 15.5. The Morgan fingerprint density at radius 1 is 1.08 bits per heavy atom. The highest BCUT2D eigenvalue weighted by Gasteiger charge is 2.23. The van der Waals surface area contributed by atoms with Crippen LogP contribution in [0.5, 0.6) is 5.75 Å². The van der Waals surface area contributed by atoms with Gasteiger partial charge in [0, 0.05) is 29.1 Å². The molecule has 8 heteroatoms. The van der Waals surface area contributed by atoms with Gasteiger partial charge in [0.1, 0.15) is 23.9 Å². The Balaban J connectivity index is 1.40. The summed E-state index contributed by atoms with van der Waals surface area (Å²) in [6, 6.07) is 21.8. The molecule has 0 spiro atoms. The Labute approximate surface area is 213 Å². The minimum Gasteiger partial charge on any atom is -0.487 e. The zero-order valence-corrected chi connectivity index (χ0v) is 20.1. The number of ether oxygens (including phenoxy) is 2. The lowest BCUT2D eigenvalue weighted by Gasteiger charge is -2.10. The van der Waals surface area contributed by atoms with E-state index in [1.807, 2.05) is 22.9 Å². The Kier molecular flexibility index (Phi) is 5.94. The molecule has 0 aliphatic carbocycles. The van der Waals surface area contributed by atoms with Gasteiger partial charge in [-0.2, -0.15) is 5.10 Å². The molecule has 1 saturated heterocycles. The largest absolute Gasteiger partial charge is 0.487 e. The maximum absolute atomic E-state index is 11.3. The third-order valence-corrected chi connectivity index (χ3v) is 6.84. The number of carboxylic acids is 1. The average molecular weight is 495 g/mol. The summed E-state index contributed by atoms with van der Waals surface area (Å²) < 4.78 is 13.8. The van der Waals surface area contributed by atoms with Crippen LogP contribution in [0, 0.1) is 0 Å². The lowest BCUT2D eigenvalue weighted by atomic mass is 10.00. The van der Waals surface area contributed by atoms with Crippen molar-refractivity contribution in [1.29, 1.82) is 0 Å². The molecular formula is C29H26N4O4. The van der Waals surface area contributed by atoms with Crippen LogP contribution in [0.4, 0.5) is 5.82 Å². The second-order valence-electron chi connectivity index (χ2n) is 9.24. The Bertz CT molecular complexity index is 1620. The van der Waals surface area contributed by atoms with Gasteiger partial charge >= 0.3 is 5.97 Å². The van der Waals surface area contributed by atoms with Crippen LogP contribution >= 0.6 is 0 Å². The molecule has 186 valence electrons. The fourth-order valence-electron chi connectivity index (χ4n) is 4.95. The van der Waals surface area contributed by atoms with Gasteiger partial charge in [0.15, 0.2) is 0 Å². The Morgan fingerprint density at radius 3 is 2.70 bits per heavy atom. The number of anilines is 1. The van der Waals surface area contributed by atoms with Gasteiger partial charge in [-0.25, -0.2) is 4.98 Å². The minimum absolute atomic E-state index is 0.102. The summed E-state index contributed by atoms with van der Waals surface area (Å²) in [6.07, 6.45) is 2.51. The van der Waals surface area contributed by atoms with Crippen molar-refractivity contribution in [3.05, 3.63) is 84.2 Å². The fraction of sp³-hybridized carbons (Fsp3) is 0.207. The average Bonchev–Trinajstić information content (AvgIpc) is 3.56. The van der Waals surface area contributed by atoms with Crippen LogP contribution in [0.1, 0.15) is 23.7 Å². The smallest absolute Gasteiger partial charge is 0.307 e. The number of fused-ring (bicyclic) bond motifs is 2. The standard InChI is InChI=1S/C29H26N4O4/c30-29-23-13-19(6-5-18(23)9-11-31-29)20-7-8-26-24(14-20)25(32-33(26)22-10-12-36-16-22)17-37-27-4-2-1-3-21(27)15-28(34)35/h1-9,11,13-14,22H,10,12,15-17H2,(H2,30,31)(H,34,35)/t22-/m0/s1. The second kappa shape index (κ2) is 9.55. The van der Waals surface area contributed by atoms with Crippen molar-refractivity contribution >= 4 is 33.5 Å². The van der Waals surface area contributed by atoms with Crippen LogP contribution in [-0.4, -0.2) is 39.1 Å². The van der Waals surface area contributed by atoms with Crippen molar-refractivity contribution in [1.82, 2.24) is 14.8 Å². The molecule has 0 saturated carbocycles. The molecule has 3 aromatic carbocycles. The molecule has 0 radical (unpaired) electrons. The normalized spacial score (nSPS) is 15.4. The van der Waals surface area contributed by atoms with Crippen molar-refractivity contribution in [3.8, 4) is 16.9 Å². The number of carbonyl (C=O) groups is 1. The summed E-state index contributed by atoms with van der Waals surface area (Å²) in [5.74, 6) is 0.150. The molecule has 3 heterocycles. The molecule has 1 fully saturated rings. The molecule has 0 amide bonds. The first kappa shape index (κ1) is 23.0. The third kappa shape index (κ3) is 4.47. The number of carboxylic acid groups (broad SMARTS) is 1. The molecule has 5 aromatic rings. The minimum atomic E-state index is -0.900. The van der Waals surface area contributed by atoms with Crippen molar-refractivity contribution in [2.75, 3.05) is 18.9 Å². The van der Waals surface area contributed by atoms with Crippen molar-refractivity contribution in [3.63, 3.8) is 0 Å². The number of nitrogens with zero attached hydrogens (tertiary/aromatic N) is 3. The molecule has 3 N–H and O–H groups in total. The topological polar surface area (TPSA) is 112 Å². The quantitative estimate of drug-likeness (QED) is 0.327. The molecule has 0 unspecified atom stereocenters. The van der Waals surface area contributed by atoms with Crippen LogP contribution in [0.3, 0.4) is 0 Å². The molecule has 6 rings (SSSR count). The van der Waals surface area contributed by atoms with E-state index in [0.717, 1.165) is 44.9 Å². The third-order valence-electron chi connectivity index (χ3n) is 6.84. The van der Waals surface area contributed by atoms with Gasteiger partial charge in [0.2, 0.25) is 0 Å². The van der Waals surface area contributed by atoms with Gasteiger partial charge in [0.25, 0.3) is 0 Å². The first-order chi connectivity index (χ1) is 18.1. The predicted octanol–water partition coefficient (Wildman–Crippen LogP) is 5.00. The summed E-state index contributed by atoms with van der Waals surface area (Å²) in [6.45, 7) is 1.55. The van der Waals surface area contributed by atoms with Crippen LogP contribution in [0.15, 0.2) is 72.9 Å². The van der Waals surface area contributed by atoms with E-state index in [0.29, 0.717) is 30.3 Å². The molecule has 8 nitrogen and oxygen atoms in total. The number of aromatic nitrogens is 3. The second-order valence-corrected chi connectivity index (χ2v) is 9.24. The number of hydrogen-bond donors (Lipinski definition) is 2. The van der Waals surface area contributed by atoms with Gasteiger partial charge < -0.3 is 20.3 Å². The maximum Gasteiger partial charge on any atom is 0.307 e. The van der Waals surface area contributed by atoms with E-state index in [2.05, 4.69) is 41.4 Å². The summed E-state index contributed by atoms with van der Waals surface area (Å²) in [7, 11) is 0. The van der Waals surface area contributed by atoms with E-state index in [1.54, 1.807) is 18.3 Å². The van der Waals surface area contributed by atoms with E-state index >= 15 is 0 Å². The van der Waals surface area contributed by atoms with E-state index in [4.69, 9.17) is 20.3 Å². The van der Waals surface area contributed by atoms with E-state index in [9.17, 15) is 9.90 Å². The van der Waals surface area contributed by atoms with Gasteiger partial charge in [-0.15, -0.1) is 0 Å². The molecule has 2 aromatic heterocycles. The number of para-hydroxylation sites is 1. The summed E-state index contributed by atoms with van der Waals surface area (Å²) in [5, 5.41) is 17.2. The van der Waals surface area contributed by atoms with Gasteiger partial charge in [-0.05, 0) is 53.3 Å². The first-order valence-corrected chi connectivity index (χ1v) is 12.2. The lowest BCUT2D eigenvalue weighted by molar-refractivity contribution is -0.136.